The summed E-state index contributed by atoms with van der Waals surface area (Å²) >= 11 is 0. The third-order valence-electron chi connectivity index (χ3n) is 3.52. The molecule has 0 aromatic heterocycles. The standard InChI is InChI=1S/C16H21NO5/c1-3-21-15(19)12-6-5-7-13(14(12)16(20)22-4-2)17-9-8-11(18)10-17/h5-7,11,18H,3-4,8-10H2,1-2H3. The molecule has 1 aromatic carbocycles. The molecule has 1 atom stereocenters. The summed E-state index contributed by atoms with van der Waals surface area (Å²) in [6.45, 7) is 4.93. The fraction of sp³-hybridized carbons (Fsp3) is 0.500. The van der Waals surface area contributed by atoms with Crippen molar-refractivity contribution >= 4 is 17.6 Å². The molecular formula is C16H21NO5. The van der Waals surface area contributed by atoms with Crippen LogP contribution in [0.15, 0.2) is 18.2 Å². The number of rotatable bonds is 5. The summed E-state index contributed by atoms with van der Waals surface area (Å²) in [6.07, 6.45) is 0.201. The fourth-order valence-electron chi connectivity index (χ4n) is 2.56. The lowest BCUT2D eigenvalue weighted by Gasteiger charge is -2.22. The van der Waals surface area contributed by atoms with Crippen molar-refractivity contribution in [2.45, 2.75) is 26.4 Å². The average Bonchev–Trinajstić information content (AvgIpc) is 2.93. The number of ether oxygens (including phenoxy) is 2. The van der Waals surface area contributed by atoms with Crippen LogP contribution in [0.5, 0.6) is 0 Å². The van der Waals surface area contributed by atoms with Gasteiger partial charge in [-0.25, -0.2) is 9.59 Å². The van der Waals surface area contributed by atoms with Crippen molar-refractivity contribution in [3.8, 4) is 0 Å². The molecule has 0 bridgehead atoms. The van der Waals surface area contributed by atoms with E-state index < -0.39 is 18.0 Å². The van der Waals surface area contributed by atoms with Crippen molar-refractivity contribution in [2.24, 2.45) is 0 Å². The van der Waals surface area contributed by atoms with E-state index in [0.717, 1.165) is 0 Å². The van der Waals surface area contributed by atoms with Gasteiger partial charge in [0.15, 0.2) is 0 Å². The van der Waals surface area contributed by atoms with E-state index in [9.17, 15) is 14.7 Å². The highest BCUT2D eigenvalue weighted by Gasteiger charge is 2.29. The largest absolute Gasteiger partial charge is 0.462 e. The molecule has 0 spiro atoms. The number of hydrogen-bond donors (Lipinski definition) is 1. The monoisotopic (exact) mass is 307 g/mol. The molecule has 1 aliphatic heterocycles. The Morgan fingerprint density at radius 2 is 1.91 bits per heavy atom. The molecule has 2 rings (SSSR count). The number of esters is 2. The molecule has 1 heterocycles. The fourth-order valence-corrected chi connectivity index (χ4v) is 2.56. The Morgan fingerprint density at radius 3 is 2.50 bits per heavy atom. The maximum absolute atomic E-state index is 12.3. The Morgan fingerprint density at radius 1 is 1.23 bits per heavy atom. The van der Waals surface area contributed by atoms with Gasteiger partial charge in [-0.1, -0.05) is 6.07 Å². The quantitative estimate of drug-likeness (QED) is 0.833. The van der Waals surface area contributed by atoms with Crippen molar-refractivity contribution in [3.05, 3.63) is 29.3 Å². The number of carbonyl (C=O) groups is 2. The van der Waals surface area contributed by atoms with Crippen LogP contribution in [-0.4, -0.2) is 49.5 Å². The Bertz CT molecular complexity index is 557. The van der Waals surface area contributed by atoms with Crippen LogP contribution in [0.4, 0.5) is 5.69 Å². The second kappa shape index (κ2) is 7.26. The third-order valence-corrected chi connectivity index (χ3v) is 3.52. The summed E-state index contributed by atoms with van der Waals surface area (Å²) in [5, 5.41) is 9.71. The van der Waals surface area contributed by atoms with Crippen molar-refractivity contribution in [3.63, 3.8) is 0 Å². The van der Waals surface area contributed by atoms with Crippen molar-refractivity contribution in [2.75, 3.05) is 31.2 Å². The van der Waals surface area contributed by atoms with E-state index in [0.29, 0.717) is 25.2 Å². The molecule has 1 saturated heterocycles. The van der Waals surface area contributed by atoms with Crippen molar-refractivity contribution in [1.82, 2.24) is 0 Å². The maximum Gasteiger partial charge on any atom is 0.341 e. The van der Waals surface area contributed by atoms with Gasteiger partial charge in [-0.05, 0) is 32.4 Å². The smallest absolute Gasteiger partial charge is 0.341 e. The van der Waals surface area contributed by atoms with Crippen LogP contribution in [0.1, 0.15) is 41.0 Å². The van der Waals surface area contributed by atoms with Gasteiger partial charge in [0.25, 0.3) is 0 Å². The van der Waals surface area contributed by atoms with Crippen LogP contribution in [0.25, 0.3) is 0 Å². The normalized spacial score (nSPS) is 17.4. The Labute approximate surface area is 129 Å². The van der Waals surface area contributed by atoms with Gasteiger partial charge in [0.1, 0.15) is 0 Å². The van der Waals surface area contributed by atoms with Gasteiger partial charge in [0.05, 0.1) is 36.1 Å². The average molecular weight is 307 g/mol. The number of hydrogen-bond acceptors (Lipinski definition) is 6. The molecule has 1 N–H and O–H groups in total. The Balaban J connectivity index is 2.45. The van der Waals surface area contributed by atoms with Gasteiger partial charge in [0, 0.05) is 13.1 Å². The molecule has 1 aromatic rings. The second-order valence-corrected chi connectivity index (χ2v) is 5.03. The lowest BCUT2D eigenvalue weighted by molar-refractivity contribution is 0.0479. The van der Waals surface area contributed by atoms with Crippen LogP contribution < -0.4 is 4.90 Å². The predicted octanol–water partition coefficient (Wildman–Crippen LogP) is 1.61. The zero-order valence-electron chi connectivity index (χ0n) is 12.9. The van der Waals surface area contributed by atoms with Crippen LogP contribution in [0, 0.1) is 0 Å². The number of aliphatic hydroxyl groups is 1. The summed E-state index contributed by atoms with van der Waals surface area (Å²) in [5.74, 6) is -1.10. The molecule has 22 heavy (non-hydrogen) atoms. The molecular weight excluding hydrogens is 286 g/mol. The zero-order chi connectivity index (χ0) is 16.1. The van der Waals surface area contributed by atoms with E-state index in [1.165, 1.54) is 0 Å². The topological polar surface area (TPSA) is 76.1 Å². The Hall–Kier alpha value is -2.08. The molecule has 1 aliphatic rings. The van der Waals surface area contributed by atoms with Gasteiger partial charge in [-0.15, -0.1) is 0 Å². The number of anilines is 1. The van der Waals surface area contributed by atoms with Gasteiger partial charge < -0.3 is 19.5 Å². The highest BCUT2D eigenvalue weighted by Crippen LogP contribution is 2.28. The van der Waals surface area contributed by atoms with E-state index >= 15 is 0 Å². The van der Waals surface area contributed by atoms with Crippen LogP contribution in [0.3, 0.4) is 0 Å². The number of nitrogens with zero attached hydrogens (tertiary/aromatic N) is 1. The number of carbonyl (C=O) groups excluding carboxylic acids is 2. The summed E-state index contributed by atoms with van der Waals surface area (Å²) in [5.41, 5.74) is 0.997. The summed E-state index contributed by atoms with van der Waals surface area (Å²) in [4.78, 5) is 26.3. The molecule has 6 nitrogen and oxygen atoms in total. The predicted molar refractivity (Wildman–Crippen MR) is 81.2 cm³/mol. The van der Waals surface area contributed by atoms with Gasteiger partial charge in [-0.2, -0.15) is 0 Å². The first-order valence-electron chi connectivity index (χ1n) is 7.48. The lowest BCUT2D eigenvalue weighted by Crippen LogP contribution is -2.25. The summed E-state index contributed by atoms with van der Waals surface area (Å²) in [7, 11) is 0. The number of β-amino-alcohol motifs (C(OH)–C–C–N with tert-alkyl or cyclic N) is 1. The molecule has 6 heteroatoms. The first-order valence-corrected chi connectivity index (χ1v) is 7.48. The van der Waals surface area contributed by atoms with Crippen LogP contribution in [0.2, 0.25) is 0 Å². The lowest BCUT2D eigenvalue weighted by atomic mass is 10.0. The summed E-state index contributed by atoms with van der Waals surface area (Å²) < 4.78 is 10.1. The van der Waals surface area contributed by atoms with Gasteiger partial charge in [0.2, 0.25) is 0 Å². The molecule has 0 amide bonds. The first-order chi connectivity index (χ1) is 10.6. The van der Waals surface area contributed by atoms with Gasteiger partial charge in [-0.3, -0.25) is 0 Å². The van der Waals surface area contributed by atoms with Gasteiger partial charge >= 0.3 is 11.9 Å². The SMILES string of the molecule is CCOC(=O)c1cccc(N2CCC(O)C2)c1C(=O)OCC. The number of benzene rings is 1. The third kappa shape index (κ3) is 3.39. The molecule has 0 saturated carbocycles. The zero-order valence-corrected chi connectivity index (χ0v) is 12.9. The second-order valence-electron chi connectivity index (χ2n) is 5.03. The maximum atomic E-state index is 12.3. The van der Waals surface area contributed by atoms with E-state index in [1.807, 2.05) is 4.90 Å². The molecule has 0 aliphatic carbocycles. The first kappa shape index (κ1) is 16.3. The minimum absolute atomic E-state index is 0.194. The van der Waals surface area contributed by atoms with E-state index in [-0.39, 0.29) is 24.3 Å². The minimum atomic E-state index is -0.553. The highest BCUT2D eigenvalue weighted by atomic mass is 16.5. The van der Waals surface area contributed by atoms with Crippen LogP contribution in [-0.2, 0) is 9.47 Å². The number of aliphatic hydroxyl groups excluding tert-OH is 1. The van der Waals surface area contributed by atoms with Crippen molar-refractivity contribution < 1.29 is 24.2 Å². The minimum Gasteiger partial charge on any atom is -0.462 e. The van der Waals surface area contributed by atoms with Crippen molar-refractivity contribution in [1.29, 1.82) is 0 Å². The molecule has 1 unspecified atom stereocenters. The molecule has 0 radical (unpaired) electrons. The highest BCUT2D eigenvalue weighted by molar-refractivity contribution is 6.07. The van der Waals surface area contributed by atoms with E-state index in [1.54, 1.807) is 32.0 Å². The van der Waals surface area contributed by atoms with E-state index in [4.69, 9.17) is 9.47 Å². The van der Waals surface area contributed by atoms with E-state index in [2.05, 4.69) is 0 Å². The summed E-state index contributed by atoms with van der Waals surface area (Å²) in [6, 6.07) is 5.02. The molecule has 120 valence electrons. The Kier molecular flexibility index (Phi) is 5.38. The molecule has 1 fully saturated rings. The van der Waals surface area contributed by atoms with Crippen LogP contribution >= 0.6 is 0 Å².